The van der Waals surface area contributed by atoms with Crippen LogP contribution in [0.5, 0.6) is 0 Å². The van der Waals surface area contributed by atoms with Gasteiger partial charge >= 0.3 is 0 Å². The first-order valence-electron chi connectivity index (χ1n) is 10.8. The molecule has 1 aliphatic rings. The van der Waals surface area contributed by atoms with Gasteiger partial charge in [0, 0.05) is 53.9 Å². The summed E-state index contributed by atoms with van der Waals surface area (Å²) in [4.78, 5) is 15.3. The third-order valence-electron chi connectivity index (χ3n) is 5.74. The SMILES string of the molecule is Cl.O=C(NCc1ccc(S(=O)(=O)n2ccc3c(N4CCNCC4)cccc32)s1)c1ccccc1. The number of amides is 1. The second kappa shape index (κ2) is 10.2. The van der Waals surface area contributed by atoms with Crippen LogP contribution in [0.3, 0.4) is 0 Å². The van der Waals surface area contributed by atoms with Crippen molar-refractivity contribution in [2.75, 3.05) is 31.1 Å². The molecular weight excluding hydrogens is 492 g/mol. The highest BCUT2D eigenvalue weighted by molar-refractivity contribution is 7.92. The average molecular weight is 517 g/mol. The molecule has 0 radical (unpaired) electrons. The molecule has 0 spiro atoms. The number of carbonyl (C=O) groups excluding carboxylic acids is 1. The molecule has 34 heavy (non-hydrogen) atoms. The fourth-order valence-corrected chi connectivity index (χ4v) is 6.80. The van der Waals surface area contributed by atoms with Gasteiger partial charge in [-0.1, -0.05) is 24.3 Å². The molecule has 10 heteroatoms. The van der Waals surface area contributed by atoms with Crippen LogP contribution in [0.15, 0.2) is 77.1 Å². The summed E-state index contributed by atoms with van der Waals surface area (Å²) in [5.74, 6) is -0.190. The minimum absolute atomic E-state index is 0. The molecule has 1 amide bonds. The van der Waals surface area contributed by atoms with Crippen LogP contribution in [-0.2, 0) is 16.6 Å². The van der Waals surface area contributed by atoms with E-state index in [1.807, 2.05) is 30.3 Å². The van der Waals surface area contributed by atoms with Gasteiger partial charge in [0.2, 0.25) is 0 Å². The van der Waals surface area contributed by atoms with Crippen LogP contribution in [-0.4, -0.2) is 44.5 Å². The van der Waals surface area contributed by atoms with E-state index in [2.05, 4.69) is 15.5 Å². The van der Waals surface area contributed by atoms with E-state index >= 15 is 0 Å². The first kappa shape index (κ1) is 24.3. The van der Waals surface area contributed by atoms with Crippen LogP contribution < -0.4 is 15.5 Å². The Morgan fingerprint density at radius 1 is 0.971 bits per heavy atom. The smallest absolute Gasteiger partial charge is 0.277 e. The van der Waals surface area contributed by atoms with Crippen LogP contribution in [0.4, 0.5) is 5.69 Å². The zero-order valence-electron chi connectivity index (χ0n) is 18.3. The van der Waals surface area contributed by atoms with Crippen LogP contribution in [0.25, 0.3) is 10.9 Å². The number of piperazine rings is 1. The summed E-state index contributed by atoms with van der Waals surface area (Å²) in [6.07, 6.45) is 1.63. The summed E-state index contributed by atoms with van der Waals surface area (Å²) in [6, 6.07) is 20.0. The molecule has 4 aromatic rings. The largest absolute Gasteiger partial charge is 0.368 e. The summed E-state index contributed by atoms with van der Waals surface area (Å²) in [5.41, 5.74) is 2.29. The summed E-state index contributed by atoms with van der Waals surface area (Å²) in [5, 5.41) is 7.12. The van der Waals surface area contributed by atoms with E-state index in [1.54, 1.807) is 42.6 Å². The highest BCUT2D eigenvalue weighted by atomic mass is 35.5. The third kappa shape index (κ3) is 4.69. The van der Waals surface area contributed by atoms with E-state index in [1.165, 1.54) is 15.3 Å². The van der Waals surface area contributed by atoms with Crippen LogP contribution in [0, 0.1) is 0 Å². The van der Waals surface area contributed by atoms with Crippen molar-refractivity contribution < 1.29 is 13.2 Å². The normalized spacial score (nSPS) is 14.1. The zero-order chi connectivity index (χ0) is 22.8. The molecule has 1 fully saturated rings. The molecule has 7 nitrogen and oxygen atoms in total. The van der Waals surface area contributed by atoms with Crippen molar-refractivity contribution in [3.63, 3.8) is 0 Å². The molecule has 1 saturated heterocycles. The first-order valence-corrected chi connectivity index (χ1v) is 13.0. The van der Waals surface area contributed by atoms with Gasteiger partial charge in [-0.15, -0.1) is 23.7 Å². The van der Waals surface area contributed by atoms with E-state index in [0.717, 1.165) is 42.1 Å². The van der Waals surface area contributed by atoms with Crippen molar-refractivity contribution in [2.24, 2.45) is 0 Å². The molecule has 178 valence electrons. The number of fused-ring (bicyclic) bond motifs is 1. The van der Waals surface area contributed by atoms with Gasteiger partial charge in [-0.25, -0.2) is 3.97 Å². The fraction of sp³-hybridized carbons (Fsp3) is 0.208. The maximum Gasteiger partial charge on any atom is 0.277 e. The van der Waals surface area contributed by atoms with Crippen molar-refractivity contribution in [1.82, 2.24) is 14.6 Å². The van der Waals surface area contributed by atoms with E-state index in [4.69, 9.17) is 0 Å². The molecule has 2 aromatic heterocycles. The number of carbonyl (C=O) groups is 1. The molecule has 0 bridgehead atoms. The zero-order valence-corrected chi connectivity index (χ0v) is 20.8. The monoisotopic (exact) mass is 516 g/mol. The second-order valence-corrected chi connectivity index (χ2v) is 11.0. The van der Waals surface area contributed by atoms with Gasteiger partial charge in [-0.2, -0.15) is 8.42 Å². The molecule has 2 N–H and O–H groups in total. The Morgan fingerprint density at radius 2 is 1.74 bits per heavy atom. The molecule has 0 saturated carbocycles. The van der Waals surface area contributed by atoms with Gasteiger partial charge in [-0.3, -0.25) is 4.79 Å². The lowest BCUT2D eigenvalue weighted by atomic mass is 10.2. The number of nitrogens with one attached hydrogen (secondary N) is 2. The maximum atomic E-state index is 13.4. The number of hydrogen-bond acceptors (Lipinski definition) is 6. The van der Waals surface area contributed by atoms with E-state index in [0.29, 0.717) is 11.1 Å². The highest BCUT2D eigenvalue weighted by Gasteiger charge is 2.23. The summed E-state index contributed by atoms with van der Waals surface area (Å²) >= 11 is 1.17. The van der Waals surface area contributed by atoms with Crippen molar-refractivity contribution >= 4 is 56.3 Å². The van der Waals surface area contributed by atoms with Crippen LogP contribution >= 0.6 is 23.7 Å². The van der Waals surface area contributed by atoms with Crippen LogP contribution in [0.1, 0.15) is 15.2 Å². The van der Waals surface area contributed by atoms with E-state index in [-0.39, 0.29) is 29.1 Å². The predicted octanol–water partition coefficient (Wildman–Crippen LogP) is 3.70. The molecular formula is C24H25ClN4O3S2. The first-order chi connectivity index (χ1) is 16.0. The maximum absolute atomic E-state index is 13.4. The van der Waals surface area contributed by atoms with Gasteiger partial charge in [0.1, 0.15) is 4.21 Å². The highest BCUT2D eigenvalue weighted by Crippen LogP contribution is 2.32. The van der Waals surface area contributed by atoms with Gasteiger partial charge in [0.05, 0.1) is 12.1 Å². The van der Waals surface area contributed by atoms with Crippen molar-refractivity contribution in [2.45, 2.75) is 10.8 Å². The Hall–Kier alpha value is -2.85. The lowest BCUT2D eigenvalue weighted by molar-refractivity contribution is 0.0951. The number of rotatable bonds is 6. The Labute approximate surface area is 208 Å². The summed E-state index contributed by atoms with van der Waals surface area (Å²) in [7, 11) is -3.75. The number of hydrogen-bond donors (Lipinski definition) is 2. The lowest BCUT2D eigenvalue weighted by Crippen LogP contribution is -2.43. The minimum atomic E-state index is -3.75. The Balaban J connectivity index is 0.00000274. The third-order valence-corrected chi connectivity index (χ3v) is 8.98. The van der Waals surface area contributed by atoms with Gasteiger partial charge in [-0.05, 0) is 42.5 Å². The van der Waals surface area contributed by atoms with E-state index in [9.17, 15) is 13.2 Å². The number of thiophene rings is 1. The van der Waals surface area contributed by atoms with Crippen molar-refractivity contribution in [3.8, 4) is 0 Å². The number of halogens is 1. The predicted molar refractivity (Wildman–Crippen MR) is 139 cm³/mol. The molecule has 1 aliphatic heterocycles. The van der Waals surface area contributed by atoms with Gasteiger partial charge < -0.3 is 15.5 Å². The van der Waals surface area contributed by atoms with Crippen molar-refractivity contribution in [3.05, 3.63) is 83.4 Å². The fourth-order valence-electron chi connectivity index (χ4n) is 4.07. The quantitative estimate of drug-likeness (QED) is 0.408. The molecule has 0 atom stereocenters. The van der Waals surface area contributed by atoms with E-state index < -0.39 is 10.0 Å². The molecule has 0 unspecified atom stereocenters. The topological polar surface area (TPSA) is 83.4 Å². The molecule has 3 heterocycles. The Morgan fingerprint density at radius 3 is 2.50 bits per heavy atom. The summed E-state index contributed by atoms with van der Waals surface area (Å²) < 4.78 is 28.5. The van der Waals surface area contributed by atoms with Gasteiger partial charge in [0.15, 0.2) is 0 Å². The number of anilines is 1. The van der Waals surface area contributed by atoms with Gasteiger partial charge in [0.25, 0.3) is 15.9 Å². The average Bonchev–Trinajstić information content (AvgIpc) is 3.52. The lowest BCUT2D eigenvalue weighted by Gasteiger charge is -2.30. The van der Waals surface area contributed by atoms with Crippen LogP contribution in [0.2, 0.25) is 0 Å². The minimum Gasteiger partial charge on any atom is -0.368 e. The Bertz CT molecular complexity index is 1390. The number of nitrogens with zero attached hydrogens (tertiary/aromatic N) is 2. The Kier molecular flexibility index (Phi) is 7.27. The van der Waals surface area contributed by atoms with Crippen molar-refractivity contribution in [1.29, 1.82) is 0 Å². The second-order valence-electron chi connectivity index (χ2n) is 7.83. The molecule has 2 aromatic carbocycles. The summed E-state index contributed by atoms with van der Waals surface area (Å²) in [6.45, 7) is 3.87. The standard InChI is InChI=1S/C24H24N4O3S2.ClH/c29-24(18-5-2-1-3-6-18)26-17-19-9-10-23(32-19)33(30,31)28-14-11-20-21(7-4-8-22(20)28)27-15-12-25-13-16-27;/h1-11,14,25H,12-13,15-17H2,(H,26,29);1H. The molecule has 5 rings (SSSR count). The number of benzene rings is 2. The number of aromatic nitrogens is 1. The molecule has 0 aliphatic carbocycles.